The van der Waals surface area contributed by atoms with Gasteiger partial charge in [-0.05, 0) is 75.7 Å². The molecule has 1 aliphatic heterocycles. The lowest BCUT2D eigenvalue weighted by atomic mass is 10.0. The molecule has 2 aromatic heterocycles. The number of carbonyl (C=O) groups is 1. The van der Waals surface area contributed by atoms with E-state index in [1.165, 1.54) is 5.69 Å². The predicted octanol–water partition coefficient (Wildman–Crippen LogP) is 5.34. The lowest BCUT2D eigenvalue weighted by molar-refractivity contribution is 0.0528. The normalized spacial score (nSPS) is 14.7. The first-order chi connectivity index (χ1) is 20.0. The number of hydrogen-bond acceptors (Lipinski definition) is 7. The van der Waals surface area contributed by atoms with Crippen LogP contribution in [-0.2, 0) is 14.6 Å². The minimum atomic E-state index is -3.50. The van der Waals surface area contributed by atoms with Crippen LogP contribution in [0, 0.1) is 0 Å². The summed E-state index contributed by atoms with van der Waals surface area (Å²) in [4.78, 5) is 24.7. The van der Waals surface area contributed by atoms with E-state index in [0.717, 1.165) is 59.5 Å². The third kappa shape index (κ3) is 7.11. The number of likely N-dealkylation sites (N-methyl/N-ethyl adjacent to an activating group) is 1. The minimum Gasteiger partial charge on any atom is -0.444 e. The summed E-state index contributed by atoms with van der Waals surface area (Å²) in [7, 11) is -1.34. The Morgan fingerprint density at radius 2 is 1.64 bits per heavy atom. The maximum absolute atomic E-state index is 12.9. The molecule has 9 nitrogen and oxygen atoms in total. The number of sulfone groups is 1. The number of ether oxygens (including phenoxy) is 1. The number of rotatable bonds is 8. The zero-order valence-corrected chi connectivity index (χ0v) is 25.5. The molecule has 0 spiro atoms. The van der Waals surface area contributed by atoms with Gasteiger partial charge in [-0.2, -0.15) is 0 Å². The van der Waals surface area contributed by atoms with Crippen molar-refractivity contribution in [3.8, 4) is 22.3 Å². The van der Waals surface area contributed by atoms with E-state index in [9.17, 15) is 13.2 Å². The summed E-state index contributed by atoms with van der Waals surface area (Å²) < 4.78 is 31.0. The fourth-order valence-electron chi connectivity index (χ4n) is 5.06. The summed E-state index contributed by atoms with van der Waals surface area (Å²) in [5.41, 5.74) is 5.38. The van der Waals surface area contributed by atoms with Crippen molar-refractivity contribution >= 4 is 32.7 Å². The summed E-state index contributed by atoms with van der Waals surface area (Å²) >= 11 is 0. The van der Waals surface area contributed by atoms with Crippen LogP contribution in [0.15, 0.2) is 71.9 Å². The van der Waals surface area contributed by atoms with E-state index < -0.39 is 21.5 Å². The molecule has 0 aliphatic carbocycles. The predicted molar refractivity (Wildman–Crippen MR) is 168 cm³/mol. The van der Waals surface area contributed by atoms with Gasteiger partial charge >= 0.3 is 6.09 Å². The first-order valence-corrected chi connectivity index (χ1v) is 15.9. The molecule has 0 radical (unpaired) electrons. The number of fused-ring (bicyclic) bond motifs is 1. The summed E-state index contributed by atoms with van der Waals surface area (Å²) in [5, 5.41) is 3.58. The molecule has 0 bridgehead atoms. The number of carbonyl (C=O) groups excluding carboxylic acids is 1. The largest absolute Gasteiger partial charge is 0.444 e. The second-order valence-corrected chi connectivity index (χ2v) is 13.9. The molecular weight excluding hydrogens is 550 g/mol. The molecule has 2 N–H and O–H groups in total. The second kappa shape index (κ2) is 12.1. The van der Waals surface area contributed by atoms with Gasteiger partial charge in [-0.15, -0.1) is 0 Å². The van der Waals surface area contributed by atoms with E-state index in [-0.39, 0.29) is 23.6 Å². The standard InChI is InChI=1S/C32H39N5O4S/c1-32(2,3)41-31(38)33-14-5-19-42(39,40)27-12-8-24(9-13-27)29-22-35-30-28(29)20-25(21-34-30)23-6-10-26(11-7-23)37-17-15-36(4)16-18-37/h6-13,20-22H,5,14-19H2,1-4H3,(H,33,38)(H,34,35). The Labute approximate surface area is 247 Å². The number of nitrogens with zero attached hydrogens (tertiary/aromatic N) is 3. The van der Waals surface area contributed by atoms with Crippen LogP contribution < -0.4 is 10.2 Å². The monoisotopic (exact) mass is 589 g/mol. The molecule has 1 saturated heterocycles. The Balaban J connectivity index is 1.26. The number of nitrogens with one attached hydrogen (secondary N) is 2. The molecule has 1 aliphatic rings. The fourth-order valence-corrected chi connectivity index (χ4v) is 6.37. The number of piperazine rings is 1. The summed E-state index contributed by atoms with van der Waals surface area (Å²) in [5.74, 6) is -0.0733. The number of H-pyrrole nitrogens is 1. The second-order valence-electron chi connectivity index (χ2n) is 11.8. The number of aromatic nitrogens is 2. The topological polar surface area (TPSA) is 108 Å². The molecule has 222 valence electrons. The zero-order valence-electron chi connectivity index (χ0n) is 24.7. The smallest absolute Gasteiger partial charge is 0.407 e. The van der Waals surface area contributed by atoms with Gasteiger partial charge in [0, 0.05) is 67.3 Å². The van der Waals surface area contributed by atoms with Gasteiger partial charge in [-0.25, -0.2) is 18.2 Å². The van der Waals surface area contributed by atoms with Gasteiger partial charge < -0.3 is 24.8 Å². The Kier molecular flexibility index (Phi) is 8.56. The van der Waals surface area contributed by atoms with E-state index >= 15 is 0 Å². The van der Waals surface area contributed by atoms with Crippen LogP contribution in [0.2, 0.25) is 0 Å². The number of aromatic amines is 1. The van der Waals surface area contributed by atoms with Crippen molar-refractivity contribution in [2.45, 2.75) is 37.7 Å². The number of alkyl carbamates (subject to hydrolysis) is 1. The van der Waals surface area contributed by atoms with Crippen molar-refractivity contribution in [2.75, 3.05) is 50.4 Å². The highest BCUT2D eigenvalue weighted by atomic mass is 32.2. The average Bonchev–Trinajstić information content (AvgIpc) is 3.38. The minimum absolute atomic E-state index is 0.0733. The highest BCUT2D eigenvalue weighted by molar-refractivity contribution is 7.91. The molecule has 1 amide bonds. The van der Waals surface area contributed by atoms with E-state index in [2.05, 4.69) is 62.5 Å². The molecule has 10 heteroatoms. The highest BCUT2D eigenvalue weighted by Crippen LogP contribution is 2.32. The number of anilines is 1. The van der Waals surface area contributed by atoms with Gasteiger partial charge in [0.05, 0.1) is 10.6 Å². The fraction of sp³-hybridized carbons (Fsp3) is 0.375. The Morgan fingerprint density at radius 3 is 2.31 bits per heavy atom. The van der Waals surface area contributed by atoms with Crippen LogP contribution in [0.5, 0.6) is 0 Å². The summed E-state index contributed by atoms with van der Waals surface area (Å²) in [6.07, 6.45) is 3.52. The maximum Gasteiger partial charge on any atom is 0.407 e. The molecule has 0 saturated carbocycles. The van der Waals surface area contributed by atoms with Gasteiger partial charge in [-0.3, -0.25) is 0 Å². The molecule has 1 fully saturated rings. The van der Waals surface area contributed by atoms with Crippen molar-refractivity contribution in [3.05, 3.63) is 67.0 Å². The first-order valence-electron chi connectivity index (χ1n) is 14.3. The quantitative estimate of drug-likeness (QED) is 0.267. The zero-order chi connectivity index (χ0) is 29.9. The average molecular weight is 590 g/mol. The van der Waals surface area contributed by atoms with Crippen LogP contribution in [0.3, 0.4) is 0 Å². The third-order valence-corrected chi connectivity index (χ3v) is 9.20. The van der Waals surface area contributed by atoms with Gasteiger partial charge in [-0.1, -0.05) is 24.3 Å². The summed E-state index contributed by atoms with van der Waals surface area (Å²) in [6, 6.07) is 17.7. The van der Waals surface area contributed by atoms with E-state index in [0.29, 0.717) is 0 Å². The van der Waals surface area contributed by atoms with Gasteiger partial charge in [0.25, 0.3) is 0 Å². The van der Waals surface area contributed by atoms with Crippen LogP contribution in [0.1, 0.15) is 27.2 Å². The van der Waals surface area contributed by atoms with Crippen molar-refractivity contribution in [1.82, 2.24) is 20.2 Å². The first kappa shape index (κ1) is 29.6. The van der Waals surface area contributed by atoms with E-state index in [1.807, 2.05) is 24.5 Å². The maximum atomic E-state index is 12.9. The number of amides is 1. The number of pyridine rings is 1. The molecule has 4 aromatic rings. The molecular formula is C32H39N5O4S. The number of hydrogen-bond donors (Lipinski definition) is 2. The molecule has 5 rings (SSSR count). The molecule has 0 unspecified atom stereocenters. The lowest BCUT2D eigenvalue weighted by Crippen LogP contribution is -2.44. The molecule has 2 aromatic carbocycles. The highest BCUT2D eigenvalue weighted by Gasteiger charge is 2.18. The third-order valence-electron chi connectivity index (χ3n) is 7.38. The Hall–Kier alpha value is -3.89. The molecule has 0 atom stereocenters. The SMILES string of the molecule is CN1CCN(c2ccc(-c3cnc4[nH]cc(-c5ccc(S(=O)(=O)CCCNC(=O)OC(C)(C)C)cc5)c4c3)cc2)CC1. The van der Waals surface area contributed by atoms with Crippen molar-refractivity contribution < 1.29 is 17.9 Å². The van der Waals surface area contributed by atoms with Crippen LogP contribution >= 0.6 is 0 Å². The van der Waals surface area contributed by atoms with Crippen LogP contribution in [-0.4, -0.2) is 80.5 Å². The van der Waals surface area contributed by atoms with E-state index in [1.54, 1.807) is 32.9 Å². The van der Waals surface area contributed by atoms with Crippen LogP contribution in [0.4, 0.5) is 10.5 Å². The Morgan fingerprint density at radius 1 is 0.976 bits per heavy atom. The van der Waals surface area contributed by atoms with Crippen molar-refractivity contribution in [3.63, 3.8) is 0 Å². The molecule has 42 heavy (non-hydrogen) atoms. The molecule has 3 heterocycles. The van der Waals surface area contributed by atoms with Crippen LogP contribution in [0.25, 0.3) is 33.3 Å². The number of benzene rings is 2. The van der Waals surface area contributed by atoms with Gasteiger partial charge in [0.1, 0.15) is 11.2 Å². The van der Waals surface area contributed by atoms with E-state index in [4.69, 9.17) is 4.74 Å². The van der Waals surface area contributed by atoms with Crippen molar-refractivity contribution in [2.24, 2.45) is 0 Å². The Bertz CT molecular complexity index is 1630. The van der Waals surface area contributed by atoms with Gasteiger partial charge in [0.15, 0.2) is 9.84 Å². The van der Waals surface area contributed by atoms with Gasteiger partial charge in [0.2, 0.25) is 0 Å². The summed E-state index contributed by atoms with van der Waals surface area (Å²) in [6.45, 7) is 9.75. The lowest BCUT2D eigenvalue weighted by Gasteiger charge is -2.34. The van der Waals surface area contributed by atoms with Crippen molar-refractivity contribution in [1.29, 1.82) is 0 Å².